The largest absolute Gasteiger partial charge is 0.341 e. The summed E-state index contributed by atoms with van der Waals surface area (Å²) < 4.78 is 0. The van der Waals surface area contributed by atoms with Gasteiger partial charge in [0.2, 0.25) is 0 Å². The van der Waals surface area contributed by atoms with Crippen LogP contribution in [0.5, 0.6) is 0 Å². The van der Waals surface area contributed by atoms with Gasteiger partial charge in [-0.15, -0.1) is 0 Å². The van der Waals surface area contributed by atoms with E-state index in [2.05, 4.69) is 50.4 Å². The van der Waals surface area contributed by atoms with Crippen LogP contribution in [-0.2, 0) is 11.8 Å². The fraction of sp³-hybridized carbons (Fsp3) is 0.467. The van der Waals surface area contributed by atoms with Crippen molar-refractivity contribution in [2.75, 3.05) is 4.90 Å². The fourth-order valence-electron chi connectivity index (χ4n) is 3.33. The molecule has 0 spiro atoms. The second kappa shape index (κ2) is 2.91. The average molecular weight is 213 g/mol. The Balaban J connectivity index is 2.30. The lowest BCUT2D eigenvalue weighted by molar-refractivity contribution is 0.534. The highest BCUT2D eigenvalue weighted by Crippen LogP contribution is 2.54. The van der Waals surface area contributed by atoms with Crippen LogP contribution in [0.25, 0.3) is 0 Å². The summed E-state index contributed by atoms with van der Waals surface area (Å²) in [6, 6.07) is 7.34. The van der Waals surface area contributed by atoms with Gasteiger partial charge in [-0.1, -0.05) is 31.7 Å². The third-order valence-electron chi connectivity index (χ3n) is 4.55. The molecule has 2 aliphatic heterocycles. The molecule has 1 aromatic rings. The van der Waals surface area contributed by atoms with Gasteiger partial charge in [-0.3, -0.25) is 0 Å². The zero-order chi connectivity index (χ0) is 11.5. The van der Waals surface area contributed by atoms with Crippen LogP contribution >= 0.6 is 0 Å². The number of hydrogen-bond acceptors (Lipinski definition) is 1. The molecule has 1 heteroatoms. The zero-order valence-corrected chi connectivity index (χ0v) is 10.4. The molecule has 0 aliphatic carbocycles. The van der Waals surface area contributed by atoms with Crippen LogP contribution in [0.3, 0.4) is 0 Å². The SMILES string of the molecule is C=C1N2c3c(cccc3C1(C)CC)CC2C. The van der Waals surface area contributed by atoms with Gasteiger partial charge in [-0.2, -0.15) is 0 Å². The van der Waals surface area contributed by atoms with Crippen LogP contribution < -0.4 is 4.90 Å². The van der Waals surface area contributed by atoms with E-state index in [9.17, 15) is 0 Å². The van der Waals surface area contributed by atoms with Crippen molar-refractivity contribution in [2.24, 2.45) is 0 Å². The molecule has 0 saturated carbocycles. The fourth-order valence-corrected chi connectivity index (χ4v) is 3.33. The molecule has 3 rings (SSSR count). The van der Waals surface area contributed by atoms with Gasteiger partial charge in [0.15, 0.2) is 0 Å². The topological polar surface area (TPSA) is 3.24 Å². The Labute approximate surface area is 97.8 Å². The number of allylic oxidation sites excluding steroid dienone is 1. The molecule has 1 aromatic carbocycles. The monoisotopic (exact) mass is 213 g/mol. The number of benzene rings is 1. The van der Waals surface area contributed by atoms with E-state index in [1.807, 2.05) is 0 Å². The van der Waals surface area contributed by atoms with Crippen molar-refractivity contribution in [3.63, 3.8) is 0 Å². The summed E-state index contributed by atoms with van der Waals surface area (Å²) in [6.45, 7) is 11.2. The minimum Gasteiger partial charge on any atom is -0.341 e. The normalized spacial score (nSPS) is 31.1. The lowest BCUT2D eigenvalue weighted by atomic mass is 9.79. The van der Waals surface area contributed by atoms with E-state index in [0.29, 0.717) is 6.04 Å². The van der Waals surface area contributed by atoms with Crippen LogP contribution in [-0.4, -0.2) is 6.04 Å². The molecule has 2 unspecified atom stereocenters. The Kier molecular flexibility index (Phi) is 1.81. The van der Waals surface area contributed by atoms with E-state index in [1.54, 1.807) is 0 Å². The molecule has 2 atom stereocenters. The Bertz CT molecular complexity index is 474. The van der Waals surface area contributed by atoms with Crippen molar-refractivity contribution in [3.8, 4) is 0 Å². The maximum atomic E-state index is 4.35. The Morgan fingerprint density at radius 1 is 1.50 bits per heavy atom. The summed E-state index contributed by atoms with van der Waals surface area (Å²) in [7, 11) is 0. The molecule has 84 valence electrons. The molecule has 0 fully saturated rings. The highest BCUT2D eigenvalue weighted by atomic mass is 15.2. The van der Waals surface area contributed by atoms with Crippen LogP contribution in [0.15, 0.2) is 30.5 Å². The van der Waals surface area contributed by atoms with Crippen molar-refractivity contribution in [2.45, 2.75) is 45.1 Å². The highest BCUT2D eigenvalue weighted by molar-refractivity contribution is 5.77. The molecule has 0 saturated heterocycles. The third kappa shape index (κ3) is 0.922. The number of para-hydroxylation sites is 1. The minimum absolute atomic E-state index is 0.153. The predicted molar refractivity (Wildman–Crippen MR) is 68.9 cm³/mol. The maximum Gasteiger partial charge on any atom is 0.0486 e. The van der Waals surface area contributed by atoms with Crippen LogP contribution in [0, 0.1) is 0 Å². The van der Waals surface area contributed by atoms with Crippen molar-refractivity contribution >= 4 is 5.69 Å². The predicted octanol–water partition coefficient (Wildman–Crippen LogP) is 3.63. The van der Waals surface area contributed by atoms with Crippen LogP contribution in [0.2, 0.25) is 0 Å². The summed E-state index contributed by atoms with van der Waals surface area (Å²) in [5, 5.41) is 0. The van der Waals surface area contributed by atoms with E-state index >= 15 is 0 Å². The molecule has 16 heavy (non-hydrogen) atoms. The second-order valence-corrected chi connectivity index (χ2v) is 5.37. The van der Waals surface area contributed by atoms with Crippen molar-refractivity contribution in [1.82, 2.24) is 0 Å². The second-order valence-electron chi connectivity index (χ2n) is 5.37. The van der Waals surface area contributed by atoms with E-state index in [4.69, 9.17) is 0 Å². The Morgan fingerprint density at radius 2 is 2.25 bits per heavy atom. The first kappa shape index (κ1) is 9.95. The third-order valence-corrected chi connectivity index (χ3v) is 4.55. The summed E-state index contributed by atoms with van der Waals surface area (Å²) >= 11 is 0. The van der Waals surface area contributed by atoms with Gasteiger partial charge in [0.25, 0.3) is 0 Å². The molecule has 0 aromatic heterocycles. The Morgan fingerprint density at radius 3 is 2.94 bits per heavy atom. The molecule has 2 heterocycles. The zero-order valence-electron chi connectivity index (χ0n) is 10.4. The van der Waals surface area contributed by atoms with Gasteiger partial charge in [-0.05, 0) is 37.8 Å². The average Bonchev–Trinajstić information content (AvgIpc) is 2.72. The van der Waals surface area contributed by atoms with Crippen LogP contribution in [0.4, 0.5) is 5.69 Å². The van der Waals surface area contributed by atoms with Crippen molar-refractivity contribution in [1.29, 1.82) is 0 Å². The summed E-state index contributed by atoms with van der Waals surface area (Å²) in [5.41, 5.74) is 5.90. The number of nitrogens with zero attached hydrogens (tertiary/aromatic N) is 1. The molecule has 0 radical (unpaired) electrons. The molecular formula is C15H19N. The standard InChI is InChI=1S/C15H19N/c1-5-15(4)11(3)16-10(2)9-12-7-6-8-13(15)14(12)16/h6-8,10H,3,5,9H2,1-2,4H3. The van der Waals surface area contributed by atoms with E-state index < -0.39 is 0 Å². The van der Waals surface area contributed by atoms with Crippen molar-refractivity contribution < 1.29 is 0 Å². The number of hydrogen-bond donors (Lipinski definition) is 0. The lowest BCUT2D eigenvalue weighted by Crippen LogP contribution is -2.32. The van der Waals surface area contributed by atoms with Gasteiger partial charge >= 0.3 is 0 Å². The van der Waals surface area contributed by atoms with E-state index in [-0.39, 0.29) is 5.41 Å². The summed E-state index contributed by atoms with van der Waals surface area (Å²) in [4.78, 5) is 2.47. The number of rotatable bonds is 1. The van der Waals surface area contributed by atoms with Gasteiger partial charge < -0.3 is 4.90 Å². The quantitative estimate of drug-likeness (QED) is 0.688. The smallest absolute Gasteiger partial charge is 0.0486 e. The summed E-state index contributed by atoms with van der Waals surface area (Å²) in [6.07, 6.45) is 2.30. The lowest BCUT2D eigenvalue weighted by Gasteiger charge is -2.30. The molecule has 0 amide bonds. The molecule has 2 aliphatic rings. The summed E-state index contributed by atoms with van der Waals surface area (Å²) in [5.74, 6) is 0. The van der Waals surface area contributed by atoms with E-state index in [1.165, 1.54) is 28.9 Å². The van der Waals surface area contributed by atoms with Crippen molar-refractivity contribution in [3.05, 3.63) is 41.6 Å². The first-order chi connectivity index (χ1) is 7.59. The minimum atomic E-state index is 0.153. The van der Waals surface area contributed by atoms with Gasteiger partial charge in [0.05, 0.1) is 0 Å². The van der Waals surface area contributed by atoms with Gasteiger partial charge in [-0.25, -0.2) is 0 Å². The molecular weight excluding hydrogens is 194 g/mol. The number of anilines is 1. The Hall–Kier alpha value is -1.24. The first-order valence-corrected chi connectivity index (χ1v) is 6.20. The van der Waals surface area contributed by atoms with Gasteiger partial charge in [0.1, 0.15) is 0 Å². The molecule has 1 nitrogen and oxygen atoms in total. The maximum absolute atomic E-state index is 4.35. The van der Waals surface area contributed by atoms with E-state index in [0.717, 1.165) is 6.42 Å². The molecule has 0 bridgehead atoms. The van der Waals surface area contributed by atoms with Gasteiger partial charge in [0, 0.05) is 22.8 Å². The first-order valence-electron chi connectivity index (χ1n) is 6.20. The highest BCUT2D eigenvalue weighted by Gasteiger charge is 2.46. The molecule has 0 N–H and O–H groups in total. The van der Waals surface area contributed by atoms with Crippen LogP contribution in [0.1, 0.15) is 38.3 Å².